The highest BCUT2D eigenvalue weighted by molar-refractivity contribution is 7.15. The van der Waals surface area contributed by atoms with Crippen LogP contribution in [-0.2, 0) is 13.1 Å². The van der Waals surface area contributed by atoms with Gasteiger partial charge >= 0.3 is 5.97 Å². The van der Waals surface area contributed by atoms with Crippen molar-refractivity contribution in [2.24, 2.45) is 0 Å². The number of aromatic carboxylic acids is 1. The van der Waals surface area contributed by atoms with Gasteiger partial charge in [0.25, 0.3) is 0 Å². The van der Waals surface area contributed by atoms with Crippen molar-refractivity contribution in [2.45, 2.75) is 13.1 Å². The maximum absolute atomic E-state index is 11.5. The fourth-order valence-corrected chi connectivity index (χ4v) is 3.15. The second kappa shape index (κ2) is 4.04. The van der Waals surface area contributed by atoms with Crippen LogP contribution in [0, 0.1) is 0 Å². The molecule has 0 bridgehead atoms. The van der Waals surface area contributed by atoms with Gasteiger partial charge in [-0.15, -0.1) is 21.5 Å². The van der Waals surface area contributed by atoms with E-state index in [1.54, 1.807) is 16.9 Å². The Morgan fingerprint density at radius 1 is 1.40 bits per heavy atom. The van der Waals surface area contributed by atoms with E-state index in [9.17, 15) is 9.90 Å². The molecule has 3 aromatic heterocycles. The number of imidazole rings is 1. The lowest BCUT2D eigenvalue weighted by Gasteiger charge is -2.27. The lowest BCUT2D eigenvalue weighted by Crippen LogP contribution is -2.34. The lowest BCUT2D eigenvalue weighted by atomic mass is 10.3. The van der Waals surface area contributed by atoms with Crippen LogP contribution in [0.2, 0.25) is 0 Å². The number of aromatic nitrogens is 5. The van der Waals surface area contributed by atoms with E-state index in [1.807, 2.05) is 14.8 Å². The predicted octanol–water partition coefficient (Wildman–Crippen LogP) is 0.706. The van der Waals surface area contributed by atoms with Gasteiger partial charge in [0, 0.05) is 24.7 Å². The first kappa shape index (κ1) is 11.4. The molecule has 4 heterocycles. The first-order chi connectivity index (χ1) is 9.74. The zero-order chi connectivity index (χ0) is 13.7. The molecule has 0 aromatic carbocycles. The van der Waals surface area contributed by atoms with Crippen LogP contribution in [-0.4, -0.2) is 41.8 Å². The Morgan fingerprint density at radius 2 is 2.30 bits per heavy atom. The van der Waals surface area contributed by atoms with E-state index in [1.165, 1.54) is 11.3 Å². The summed E-state index contributed by atoms with van der Waals surface area (Å²) in [7, 11) is 0. The number of anilines is 1. The fraction of sp³-hybridized carbons (Fsp3) is 0.273. The Kier molecular flexibility index (Phi) is 2.30. The van der Waals surface area contributed by atoms with Crippen LogP contribution in [0.3, 0.4) is 0 Å². The number of nitrogens with zero attached hydrogens (tertiary/aromatic N) is 6. The average Bonchev–Trinajstić information content (AvgIpc) is 3.11. The molecule has 0 radical (unpaired) electrons. The van der Waals surface area contributed by atoms with Gasteiger partial charge in [0.1, 0.15) is 6.33 Å². The van der Waals surface area contributed by atoms with E-state index in [0.717, 1.165) is 12.4 Å². The second-order valence-electron chi connectivity index (χ2n) is 4.51. The van der Waals surface area contributed by atoms with E-state index in [-0.39, 0.29) is 5.69 Å². The van der Waals surface area contributed by atoms with Gasteiger partial charge in [0.15, 0.2) is 22.3 Å². The monoisotopic (exact) mass is 290 g/mol. The van der Waals surface area contributed by atoms with E-state index in [2.05, 4.69) is 15.2 Å². The normalized spacial score (nSPS) is 14.7. The Bertz CT molecular complexity index is 803. The number of carboxylic acid groups (broad SMARTS) is 1. The summed E-state index contributed by atoms with van der Waals surface area (Å²) in [5.41, 5.74) is 0.203. The van der Waals surface area contributed by atoms with Crippen molar-refractivity contribution in [3.8, 4) is 0 Å². The van der Waals surface area contributed by atoms with E-state index in [4.69, 9.17) is 0 Å². The van der Waals surface area contributed by atoms with Crippen LogP contribution in [0.5, 0.6) is 0 Å². The highest BCUT2D eigenvalue weighted by Crippen LogP contribution is 2.27. The molecule has 3 aromatic rings. The molecule has 1 N–H and O–H groups in total. The van der Waals surface area contributed by atoms with Gasteiger partial charge in [-0.2, -0.15) is 0 Å². The van der Waals surface area contributed by atoms with Crippen LogP contribution in [0.15, 0.2) is 17.9 Å². The molecule has 0 aliphatic carbocycles. The Balaban J connectivity index is 1.81. The Labute approximate surface area is 116 Å². The molecule has 0 amide bonds. The van der Waals surface area contributed by atoms with Crippen molar-refractivity contribution in [1.29, 1.82) is 0 Å². The summed E-state index contributed by atoms with van der Waals surface area (Å²) in [6, 6.07) is 0. The van der Waals surface area contributed by atoms with Gasteiger partial charge in [0.2, 0.25) is 0 Å². The smallest absolute Gasteiger partial charge is 0.356 e. The zero-order valence-corrected chi connectivity index (χ0v) is 11.1. The fourth-order valence-electron chi connectivity index (χ4n) is 2.44. The molecule has 4 rings (SSSR count). The molecule has 20 heavy (non-hydrogen) atoms. The van der Waals surface area contributed by atoms with Gasteiger partial charge in [-0.1, -0.05) is 0 Å². The van der Waals surface area contributed by atoms with Crippen molar-refractivity contribution in [2.75, 3.05) is 11.4 Å². The van der Waals surface area contributed by atoms with Gasteiger partial charge < -0.3 is 14.6 Å². The van der Waals surface area contributed by atoms with Crippen molar-refractivity contribution in [1.82, 2.24) is 24.1 Å². The topological polar surface area (TPSA) is 88.5 Å². The van der Waals surface area contributed by atoms with E-state index < -0.39 is 5.97 Å². The number of hydrogen-bond acceptors (Lipinski definition) is 6. The maximum atomic E-state index is 11.5. The third kappa shape index (κ3) is 1.53. The van der Waals surface area contributed by atoms with Gasteiger partial charge in [0.05, 0.1) is 6.54 Å². The van der Waals surface area contributed by atoms with Crippen LogP contribution in [0.25, 0.3) is 4.96 Å². The Hall–Kier alpha value is -2.42. The zero-order valence-electron chi connectivity index (χ0n) is 10.3. The third-order valence-corrected chi connectivity index (χ3v) is 4.14. The van der Waals surface area contributed by atoms with Gasteiger partial charge in [-0.05, 0) is 0 Å². The molecule has 1 aliphatic rings. The number of thiazole rings is 1. The number of hydrogen-bond donors (Lipinski definition) is 1. The summed E-state index contributed by atoms with van der Waals surface area (Å²) in [5, 5.41) is 19.2. The molecule has 0 atom stereocenters. The molecule has 8 nitrogen and oxygen atoms in total. The molecule has 0 saturated carbocycles. The highest BCUT2D eigenvalue weighted by Gasteiger charge is 2.27. The van der Waals surface area contributed by atoms with Crippen LogP contribution < -0.4 is 4.90 Å². The standard InChI is InChI=1S/C11H10N6O2S/c18-10(19)8-9(13-11-17(8)3-4-20-11)15-1-2-16-6-12-14-7(16)5-15/h3-4,6H,1-2,5H2,(H,18,19). The number of rotatable bonds is 2. The van der Waals surface area contributed by atoms with E-state index >= 15 is 0 Å². The minimum Gasteiger partial charge on any atom is -0.476 e. The number of carbonyl (C=O) groups is 1. The molecular formula is C11H10N6O2S. The number of carboxylic acids is 1. The second-order valence-corrected chi connectivity index (χ2v) is 5.38. The summed E-state index contributed by atoms with van der Waals surface area (Å²) >= 11 is 1.42. The van der Waals surface area contributed by atoms with Crippen molar-refractivity contribution in [3.63, 3.8) is 0 Å². The summed E-state index contributed by atoms with van der Waals surface area (Å²) in [5.74, 6) is 0.348. The molecule has 0 fully saturated rings. The van der Waals surface area contributed by atoms with Crippen LogP contribution in [0.1, 0.15) is 16.3 Å². The molecule has 9 heteroatoms. The molecular weight excluding hydrogens is 280 g/mol. The lowest BCUT2D eigenvalue weighted by molar-refractivity contribution is 0.0690. The molecule has 0 unspecified atom stereocenters. The van der Waals surface area contributed by atoms with Crippen LogP contribution in [0.4, 0.5) is 5.82 Å². The first-order valence-corrected chi connectivity index (χ1v) is 6.92. The summed E-state index contributed by atoms with van der Waals surface area (Å²) in [4.78, 5) is 18.6. The van der Waals surface area contributed by atoms with Crippen LogP contribution >= 0.6 is 11.3 Å². The highest BCUT2D eigenvalue weighted by atomic mass is 32.1. The van der Waals surface area contributed by atoms with Gasteiger partial charge in [-0.25, -0.2) is 9.78 Å². The average molecular weight is 290 g/mol. The summed E-state index contributed by atoms with van der Waals surface area (Å²) < 4.78 is 3.58. The number of fused-ring (bicyclic) bond motifs is 2. The molecule has 0 saturated heterocycles. The molecule has 0 spiro atoms. The third-order valence-electron chi connectivity index (χ3n) is 3.38. The quantitative estimate of drug-likeness (QED) is 0.747. The maximum Gasteiger partial charge on any atom is 0.356 e. The van der Waals surface area contributed by atoms with Crippen molar-refractivity contribution < 1.29 is 9.90 Å². The first-order valence-electron chi connectivity index (χ1n) is 6.04. The van der Waals surface area contributed by atoms with E-state index in [0.29, 0.717) is 23.9 Å². The minimum atomic E-state index is -0.974. The minimum absolute atomic E-state index is 0.203. The van der Waals surface area contributed by atoms with Crippen molar-refractivity contribution in [3.05, 3.63) is 29.4 Å². The molecule has 102 valence electrons. The summed E-state index contributed by atoms with van der Waals surface area (Å²) in [6.45, 7) is 1.94. The van der Waals surface area contributed by atoms with Gasteiger partial charge in [-0.3, -0.25) is 4.40 Å². The summed E-state index contributed by atoms with van der Waals surface area (Å²) in [6.07, 6.45) is 3.42. The SMILES string of the molecule is O=C(O)c1c(N2CCn3cnnc3C2)nc2sccn12. The van der Waals surface area contributed by atoms with Crippen molar-refractivity contribution >= 4 is 28.1 Å². The predicted molar refractivity (Wildman–Crippen MR) is 71.1 cm³/mol. The Morgan fingerprint density at radius 3 is 3.15 bits per heavy atom. The largest absolute Gasteiger partial charge is 0.476 e. The molecule has 1 aliphatic heterocycles.